The van der Waals surface area contributed by atoms with Crippen molar-refractivity contribution in [2.75, 3.05) is 25.1 Å². The molecule has 0 saturated carbocycles. The zero-order valence-electron chi connectivity index (χ0n) is 16.9. The van der Waals surface area contributed by atoms with Crippen LogP contribution in [-0.2, 0) is 17.0 Å². The van der Waals surface area contributed by atoms with Gasteiger partial charge in [-0.1, -0.05) is 35.2 Å². The summed E-state index contributed by atoms with van der Waals surface area (Å²) in [6, 6.07) is 7.56. The molecule has 0 amide bonds. The molecule has 0 fully saturated rings. The third kappa shape index (κ3) is 4.18. The maximum absolute atomic E-state index is 12.8. The highest BCUT2D eigenvalue weighted by Crippen LogP contribution is 2.28. The Morgan fingerprint density at radius 3 is 2.87 bits per heavy atom. The number of hydrogen-bond acceptors (Lipinski definition) is 9. The van der Waals surface area contributed by atoms with Crippen molar-refractivity contribution in [2.45, 2.75) is 36.9 Å². The van der Waals surface area contributed by atoms with Crippen LogP contribution in [0.1, 0.15) is 26.1 Å². The highest BCUT2D eigenvalue weighted by atomic mass is 32.2. The third-order valence-corrected chi connectivity index (χ3v) is 6.58. The Bertz CT molecular complexity index is 1200. The molecule has 4 aromatic rings. The van der Waals surface area contributed by atoms with Crippen LogP contribution in [-0.4, -0.2) is 49.1 Å². The summed E-state index contributed by atoms with van der Waals surface area (Å²) >= 11 is 3.07. The second-order valence-corrected chi connectivity index (χ2v) is 8.66. The van der Waals surface area contributed by atoms with E-state index < -0.39 is 0 Å². The number of nitrogens with zero attached hydrogens (tertiary/aromatic N) is 6. The first-order valence-electron chi connectivity index (χ1n) is 9.86. The van der Waals surface area contributed by atoms with Crippen molar-refractivity contribution in [3.05, 3.63) is 40.4 Å². The number of thioether (sulfide) groups is 1. The molecule has 11 heteroatoms. The van der Waals surface area contributed by atoms with E-state index in [4.69, 9.17) is 4.74 Å². The number of aryl methyl sites for hydroxylation is 1. The predicted molar refractivity (Wildman–Crippen MR) is 119 cm³/mol. The van der Waals surface area contributed by atoms with Gasteiger partial charge in [0, 0.05) is 26.3 Å². The standard InChI is InChI=1S/C19H23N7O2S2/c1-3-25-16(27)13-8-5-6-9-14(13)26-15(21-23-18(25)26)12-29-19-24-22-17(30-19)20-10-7-11-28-4-2/h5-6,8-9H,3-4,7,10-12H2,1-2H3,(H,20,22). The number of nitrogens with one attached hydrogen (secondary N) is 1. The van der Waals surface area contributed by atoms with Crippen molar-refractivity contribution in [3.8, 4) is 0 Å². The van der Waals surface area contributed by atoms with Gasteiger partial charge in [-0.3, -0.25) is 13.8 Å². The Hall–Kier alpha value is -2.50. The SMILES string of the molecule is CCOCCCNc1nnc(SCc2nnc3n(CC)c(=O)c4ccccc4n23)s1. The number of aromatic nitrogens is 6. The monoisotopic (exact) mass is 445 g/mol. The minimum Gasteiger partial charge on any atom is -0.382 e. The molecule has 0 aliphatic carbocycles. The van der Waals surface area contributed by atoms with Crippen molar-refractivity contribution in [3.63, 3.8) is 0 Å². The summed E-state index contributed by atoms with van der Waals surface area (Å²) in [5.74, 6) is 1.91. The third-order valence-electron chi connectivity index (χ3n) is 4.57. The molecule has 0 bridgehead atoms. The van der Waals surface area contributed by atoms with Crippen molar-refractivity contribution in [1.82, 2.24) is 29.4 Å². The molecule has 0 atom stereocenters. The highest BCUT2D eigenvalue weighted by Gasteiger charge is 2.16. The van der Waals surface area contributed by atoms with Gasteiger partial charge >= 0.3 is 0 Å². The maximum atomic E-state index is 12.8. The Kier molecular flexibility index (Phi) is 6.60. The first-order valence-corrected chi connectivity index (χ1v) is 11.7. The molecule has 9 nitrogen and oxygen atoms in total. The Morgan fingerprint density at radius 1 is 1.17 bits per heavy atom. The summed E-state index contributed by atoms with van der Waals surface area (Å²) in [4.78, 5) is 12.8. The fourth-order valence-corrected chi connectivity index (χ4v) is 4.86. The molecule has 158 valence electrons. The van der Waals surface area contributed by atoms with Crippen LogP contribution in [0, 0.1) is 0 Å². The topological polar surface area (TPSA) is 99.2 Å². The van der Waals surface area contributed by atoms with E-state index in [0.717, 1.165) is 47.0 Å². The second kappa shape index (κ2) is 9.54. The van der Waals surface area contributed by atoms with Gasteiger partial charge in [-0.2, -0.15) is 0 Å². The molecular formula is C19H23N7O2S2. The largest absolute Gasteiger partial charge is 0.382 e. The molecule has 0 spiro atoms. The quantitative estimate of drug-likeness (QED) is 0.294. The number of para-hydroxylation sites is 1. The minimum atomic E-state index is -0.0450. The lowest BCUT2D eigenvalue weighted by Crippen LogP contribution is -2.22. The van der Waals surface area contributed by atoms with Gasteiger partial charge in [-0.25, -0.2) is 0 Å². The van der Waals surface area contributed by atoms with Gasteiger partial charge in [-0.15, -0.1) is 20.4 Å². The molecule has 30 heavy (non-hydrogen) atoms. The summed E-state index contributed by atoms with van der Waals surface area (Å²) in [6.07, 6.45) is 0.924. The summed E-state index contributed by atoms with van der Waals surface area (Å²) in [5.41, 5.74) is 0.771. The number of benzene rings is 1. The van der Waals surface area contributed by atoms with Crippen molar-refractivity contribution in [2.24, 2.45) is 0 Å². The lowest BCUT2D eigenvalue weighted by Gasteiger charge is -2.09. The summed E-state index contributed by atoms with van der Waals surface area (Å²) < 4.78 is 9.80. The molecule has 0 unspecified atom stereocenters. The molecule has 0 saturated heterocycles. The number of anilines is 1. The number of hydrogen-bond donors (Lipinski definition) is 1. The van der Waals surface area contributed by atoms with E-state index in [0.29, 0.717) is 23.5 Å². The average Bonchev–Trinajstić information content (AvgIpc) is 3.40. The Balaban J connectivity index is 1.52. The van der Waals surface area contributed by atoms with Crippen LogP contribution in [0.5, 0.6) is 0 Å². The first-order chi connectivity index (χ1) is 14.7. The molecule has 1 N–H and O–H groups in total. The van der Waals surface area contributed by atoms with Crippen LogP contribution in [0.15, 0.2) is 33.4 Å². The fourth-order valence-electron chi connectivity index (χ4n) is 3.17. The van der Waals surface area contributed by atoms with Crippen molar-refractivity contribution >= 4 is 44.9 Å². The first kappa shape index (κ1) is 20.8. The van der Waals surface area contributed by atoms with E-state index >= 15 is 0 Å². The molecular weight excluding hydrogens is 422 g/mol. The predicted octanol–water partition coefficient (Wildman–Crippen LogP) is 3.05. The lowest BCUT2D eigenvalue weighted by molar-refractivity contribution is 0.147. The number of rotatable bonds is 10. The molecule has 4 rings (SSSR count). The van der Waals surface area contributed by atoms with Crippen LogP contribution >= 0.6 is 23.1 Å². The van der Waals surface area contributed by atoms with Gasteiger partial charge in [0.15, 0.2) is 4.34 Å². The molecule has 0 radical (unpaired) electrons. The normalized spacial score (nSPS) is 11.5. The Labute approximate surface area is 181 Å². The zero-order chi connectivity index (χ0) is 20.9. The van der Waals surface area contributed by atoms with Crippen LogP contribution in [0.4, 0.5) is 5.13 Å². The molecule has 0 aliphatic rings. The molecule has 3 aromatic heterocycles. The summed E-state index contributed by atoms with van der Waals surface area (Å²) in [7, 11) is 0. The van der Waals surface area contributed by atoms with Crippen molar-refractivity contribution in [1.29, 1.82) is 0 Å². The van der Waals surface area contributed by atoms with E-state index in [-0.39, 0.29) is 5.56 Å². The van der Waals surface area contributed by atoms with Gasteiger partial charge in [0.1, 0.15) is 5.82 Å². The average molecular weight is 446 g/mol. The lowest BCUT2D eigenvalue weighted by atomic mass is 10.2. The van der Waals surface area contributed by atoms with E-state index in [1.54, 1.807) is 16.3 Å². The Morgan fingerprint density at radius 2 is 2.03 bits per heavy atom. The zero-order valence-corrected chi connectivity index (χ0v) is 18.5. The van der Waals surface area contributed by atoms with Gasteiger partial charge in [0.25, 0.3) is 5.56 Å². The van der Waals surface area contributed by atoms with Crippen LogP contribution in [0.3, 0.4) is 0 Å². The fraction of sp³-hybridized carbons (Fsp3) is 0.421. The highest BCUT2D eigenvalue weighted by molar-refractivity contribution is 8.00. The number of fused-ring (bicyclic) bond motifs is 3. The van der Waals surface area contributed by atoms with Crippen LogP contribution in [0.2, 0.25) is 0 Å². The van der Waals surface area contributed by atoms with Crippen LogP contribution in [0.25, 0.3) is 16.7 Å². The smallest absolute Gasteiger partial charge is 0.262 e. The van der Waals surface area contributed by atoms with Gasteiger partial charge in [0.05, 0.1) is 16.7 Å². The van der Waals surface area contributed by atoms with Gasteiger partial charge in [0.2, 0.25) is 10.9 Å². The van der Waals surface area contributed by atoms with E-state index in [9.17, 15) is 4.79 Å². The number of ether oxygens (including phenoxy) is 1. The van der Waals surface area contributed by atoms with Crippen molar-refractivity contribution < 1.29 is 4.74 Å². The van der Waals surface area contributed by atoms with Crippen LogP contribution < -0.4 is 10.9 Å². The molecule has 0 aliphatic heterocycles. The summed E-state index contributed by atoms with van der Waals surface area (Å²) in [5, 5.41) is 21.8. The van der Waals surface area contributed by atoms with E-state index in [1.165, 1.54) is 11.3 Å². The molecule has 3 heterocycles. The molecule has 1 aromatic carbocycles. The maximum Gasteiger partial charge on any atom is 0.262 e. The van der Waals surface area contributed by atoms with Gasteiger partial charge < -0.3 is 10.1 Å². The van der Waals surface area contributed by atoms with E-state index in [1.807, 2.05) is 42.5 Å². The van der Waals surface area contributed by atoms with E-state index in [2.05, 4.69) is 25.7 Å². The second-order valence-electron chi connectivity index (χ2n) is 6.46. The summed E-state index contributed by atoms with van der Waals surface area (Å²) in [6.45, 7) is 6.73. The minimum absolute atomic E-state index is 0.0450. The van der Waals surface area contributed by atoms with Gasteiger partial charge in [-0.05, 0) is 32.4 Å².